The number of thioether (sulfide) groups is 1. The molecule has 1 N–H and O–H groups in total. The van der Waals surface area contributed by atoms with Crippen molar-refractivity contribution in [1.29, 1.82) is 5.41 Å². The summed E-state index contributed by atoms with van der Waals surface area (Å²) in [5.74, 6) is 0.253. The number of nitro groups is 1. The number of hydrogen-bond donors (Lipinski definition) is 1. The first-order valence-corrected chi connectivity index (χ1v) is 8.03. The third-order valence-corrected chi connectivity index (χ3v) is 4.46. The largest absolute Gasteiger partial charge is 0.497 e. The van der Waals surface area contributed by atoms with Gasteiger partial charge in [0.15, 0.2) is 5.17 Å². The molecule has 1 aliphatic heterocycles. The highest BCUT2D eigenvalue weighted by Gasteiger charge is 2.34. The van der Waals surface area contributed by atoms with E-state index in [1.165, 1.54) is 17.0 Å². The molecule has 1 saturated heterocycles. The number of ether oxygens (including phenoxy) is 1. The van der Waals surface area contributed by atoms with Crippen LogP contribution in [0.15, 0.2) is 53.4 Å². The monoisotopic (exact) mass is 355 g/mol. The first-order valence-electron chi connectivity index (χ1n) is 7.21. The molecule has 0 unspecified atom stereocenters. The van der Waals surface area contributed by atoms with Crippen molar-refractivity contribution in [2.24, 2.45) is 0 Å². The Morgan fingerprint density at radius 2 is 1.88 bits per heavy atom. The van der Waals surface area contributed by atoms with E-state index in [1.807, 2.05) is 0 Å². The Kier molecular flexibility index (Phi) is 4.53. The standard InChI is InChI=1S/C17H13N3O4S/c1-24-13-8-6-12(7-9-13)19-16(21)15(25-17(19)18)10-11-4-2-3-5-14(11)20(22)23/h2-10,18H,1H3/b15-10+,18-17?. The lowest BCUT2D eigenvalue weighted by Gasteiger charge is -2.14. The summed E-state index contributed by atoms with van der Waals surface area (Å²) >= 11 is 0.969. The molecular weight excluding hydrogens is 342 g/mol. The number of amides is 1. The second-order valence-electron chi connectivity index (χ2n) is 5.07. The molecule has 0 saturated carbocycles. The Labute approximate surface area is 147 Å². The Balaban J connectivity index is 1.94. The number of para-hydroxylation sites is 1. The molecule has 2 aromatic rings. The summed E-state index contributed by atoms with van der Waals surface area (Å²) in [6.45, 7) is 0. The van der Waals surface area contributed by atoms with Gasteiger partial charge < -0.3 is 4.74 Å². The number of nitro benzene ring substituents is 1. The van der Waals surface area contributed by atoms with Crippen LogP contribution in [0.3, 0.4) is 0 Å². The SMILES string of the molecule is COc1ccc(N2C(=N)S/C(=C/c3ccccc3[N+](=O)[O-])C2=O)cc1. The van der Waals surface area contributed by atoms with E-state index in [-0.39, 0.29) is 15.8 Å². The van der Waals surface area contributed by atoms with E-state index in [2.05, 4.69) is 0 Å². The van der Waals surface area contributed by atoms with E-state index in [0.717, 1.165) is 11.8 Å². The average Bonchev–Trinajstić information content (AvgIpc) is 2.89. The summed E-state index contributed by atoms with van der Waals surface area (Å²) in [4.78, 5) is 24.8. The summed E-state index contributed by atoms with van der Waals surface area (Å²) in [5.41, 5.74) is 0.778. The first-order chi connectivity index (χ1) is 12.0. The van der Waals surface area contributed by atoms with Crippen LogP contribution in [-0.4, -0.2) is 23.1 Å². The number of benzene rings is 2. The molecule has 7 nitrogen and oxygen atoms in total. The Hall–Kier alpha value is -3.13. The van der Waals surface area contributed by atoms with E-state index in [1.54, 1.807) is 49.6 Å². The second-order valence-corrected chi connectivity index (χ2v) is 6.10. The van der Waals surface area contributed by atoms with Crippen molar-refractivity contribution in [1.82, 2.24) is 0 Å². The zero-order valence-corrected chi connectivity index (χ0v) is 13.9. The molecule has 0 spiro atoms. The van der Waals surface area contributed by atoms with Crippen LogP contribution in [0, 0.1) is 15.5 Å². The van der Waals surface area contributed by atoms with Crippen molar-refractivity contribution in [3.63, 3.8) is 0 Å². The molecular formula is C17H13N3O4S. The number of nitrogens with zero attached hydrogens (tertiary/aromatic N) is 2. The summed E-state index contributed by atoms with van der Waals surface area (Å²) in [7, 11) is 1.54. The summed E-state index contributed by atoms with van der Waals surface area (Å²) in [6, 6.07) is 12.9. The van der Waals surface area contributed by atoms with Crippen molar-refractivity contribution in [3.8, 4) is 5.75 Å². The summed E-state index contributed by atoms with van der Waals surface area (Å²) in [5, 5.41) is 19.2. The van der Waals surface area contributed by atoms with Gasteiger partial charge in [0.2, 0.25) is 0 Å². The predicted octanol–water partition coefficient (Wildman–Crippen LogP) is 3.66. The van der Waals surface area contributed by atoms with Gasteiger partial charge in [0, 0.05) is 6.07 Å². The molecule has 1 amide bonds. The molecule has 0 atom stereocenters. The van der Waals surface area contributed by atoms with Crippen molar-refractivity contribution in [3.05, 3.63) is 69.1 Å². The van der Waals surface area contributed by atoms with E-state index >= 15 is 0 Å². The van der Waals surface area contributed by atoms with Crippen molar-refractivity contribution >= 4 is 40.3 Å². The molecule has 0 bridgehead atoms. The summed E-state index contributed by atoms with van der Waals surface area (Å²) < 4.78 is 5.08. The molecule has 0 aromatic heterocycles. The number of amidine groups is 1. The molecule has 1 fully saturated rings. The number of nitrogens with one attached hydrogen (secondary N) is 1. The quantitative estimate of drug-likeness (QED) is 0.513. The fraction of sp³-hybridized carbons (Fsp3) is 0.0588. The van der Waals surface area contributed by atoms with E-state index < -0.39 is 10.8 Å². The molecule has 3 rings (SSSR count). The molecule has 1 heterocycles. The van der Waals surface area contributed by atoms with Gasteiger partial charge >= 0.3 is 0 Å². The number of hydrogen-bond acceptors (Lipinski definition) is 6. The minimum atomic E-state index is -0.497. The Morgan fingerprint density at radius 3 is 2.52 bits per heavy atom. The highest BCUT2D eigenvalue weighted by molar-refractivity contribution is 8.19. The zero-order valence-electron chi connectivity index (χ0n) is 13.1. The molecule has 1 aliphatic rings. The molecule has 25 heavy (non-hydrogen) atoms. The van der Waals surface area contributed by atoms with Crippen LogP contribution in [0.5, 0.6) is 5.75 Å². The number of carbonyl (C=O) groups excluding carboxylic acids is 1. The van der Waals surface area contributed by atoms with Crippen LogP contribution in [-0.2, 0) is 4.79 Å². The van der Waals surface area contributed by atoms with Gasteiger partial charge in [-0.2, -0.15) is 0 Å². The third kappa shape index (κ3) is 3.24. The maximum Gasteiger partial charge on any atom is 0.276 e. The highest BCUT2D eigenvalue weighted by atomic mass is 32.2. The third-order valence-electron chi connectivity index (χ3n) is 3.57. The predicted molar refractivity (Wildman–Crippen MR) is 96.9 cm³/mol. The maximum atomic E-state index is 12.7. The van der Waals surface area contributed by atoms with Gasteiger partial charge in [0.25, 0.3) is 11.6 Å². The zero-order chi connectivity index (χ0) is 18.0. The topological polar surface area (TPSA) is 96.5 Å². The van der Waals surface area contributed by atoms with Gasteiger partial charge in [0.05, 0.1) is 28.2 Å². The first kappa shape index (κ1) is 16.7. The number of anilines is 1. The smallest absolute Gasteiger partial charge is 0.276 e. The Morgan fingerprint density at radius 1 is 1.20 bits per heavy atom. The number of carbonyl (C=O) groups is 1. The lowest BCUT2D eigenvalue weighted by molar-refractivity contribution is -0.385. The lowest BCUT2D eigenvalue weighted by atomic mass is 10.1. The molecule has 2 aromatic carbocycles. The minimum absolute atomic E-state index is 0.0417. The van der Waals surface area contributed by atoms with Crippen LogP contribution < -0.4 is 9.64 Å². The van der Waals surface area contributed by atoms with Crippen LogP contribution in [0.1, 0.15) is 5.56 Å². The highest BCUT2D eigenvalue weighted by Crippen LogP contribution is 2.36. The van der Waals surface area contributed by atoms with Crippen LogP contribution >= 0.6 is 11.8 Å². The van der Waals surface area contributed by atoms with E-state index in [0.29, 0.717) is 17.0 Å². The summed E-state index contributed by atoms with van der Waals surface area (Å²) in [6.07, 6.45) is 1.45. The van der Waals surface area contributed by atoms with Crippen molar-refractivity contribution < 1.29 is 14.5 Å². The van der Waals surface area contributed by atoms with Gasteiger partial charge in [-0.1, -0.05) is 12.1 Å². The van der Waals surface area contributed by atoms with Gasteiger partial charge in [-0.15, -0.1) is 0 Å². The minimum Gasteiger partial charge on any atom is -0.497 e. The number of methoxy groups -OCH3 is 1. The Bertz CT molecular complexity index is 893. The molecule has 8 heteroatoms. The van der Waals surface area contributed by atoms with E-state index in [9.17, 15) is 14.9 Å². The fourth-order valence-corrected chi connectivity index (χ4v) is 3.22. The van der Waals surface area contributed by atoms with Crippen molar-refractivity contribution in [2.75, 3.05) is 12.0 Å². The average molecular weight is 355 g/mol. The normalized spacial score (nSPS) is 15.7. The lowest BCUT2D eigenvalue weighted by Crippen LogP contribution is -2.27. The van der Waals surface area contributed by atoms with Crippen LogP contribution in [0.2, 0.25) is 0 Å². The second kappa shape index (κ2) is 6.78. The number of rotatable bonds is 4. The van der Waals surface area contributed by atoms with Gasteiger partial charge in [-0.3, -0.25) is 25.2 Å². The fourth-order valence-electron chi connectivity index (χ4n) is 2.37. The maximum absolute atomic E-state index is 12.7. The van der Waals surface area contributed by atoms with Crippen molar-refractivity contribution in [2.45, 2.75) is 0 Å². The molecule has 0 aliphatic carbocycles. The van der Waals surface area contributed by atoms with Gasteiger partial charge in [-0.25, -0.2) is 0 Å². The van der Waals surface area contributed by atoms with Crippen LogP contribution in [0.4, 0.5) is 11.4 Å². The molecule has 0 radical (unpaired) electrons. The van der Waals surface area contributed by atoms with Gasteiger partial charge in [-0.05, 0) is 48.2 Å². The van der Waals surface area contributed by atoms with Gasteiger partial charge in [0.1, 0.15) is 5.75 Å². The molecule has 126 valence electrons. The van der Waals surface area contributed by atoms with E-state index in [4.69, 9.17) is 10.1 Å². The van der Waals surface area contributed by atoms with Crippen LogP contribution in [0.25, 0.3) is 6.08 Å².